The molecule has 0 N–H and O–H groups in total. The van der Waals surface area contributed by atoms with Gasteiger partial charge in [0.25, 0.3) is 0 Å². The molecule has 1 heterocycles. The van der Waals surface area contributed by atoms with Gasteiger partial charge in [-0.1, -0.05) is 25.0 Å². The first-order valence-corrected chi connectivity index (χ1v) is 6.32. The van der Waals surface area contributed by atoms with Crippen LogP contribution in [-0.4, -0.2) is 11.8 Å². The third kappa shape index (κ3) is 1.55. The van der Waals surface area contributed by atoms with Crippen molar-refractivity contribution in [2.24, 2.45) is 11.8 Å². The van der Waals surface area contributed by atoms with Crippen molar-refractivity contribution in [2.45, 2.75) is 25.7 Å². The first-order valence-electron chi connectivity index (χ1n) is 6.32. The van der Waals surface area contributed by atoms with Crippen LogP contribution in [0, 0.1) is 17.7 Å². The van der Waals surface area contributed by atoms with Crippen molar-refractivity contribution in [3.8, 4) is 0 Å². The Balaban J connectivity index is 2.00. The summed E-state index contributed by atoms with van der Waals surface area (Å²) in [5.41, 5.74) is 0.0990. The topological polar surface area (TPSA) is 37.4 Å². The average Bonchev–Trinajstić information content (AvgIpc) is 2.64. The second-order valence-electron chi connectivity index (χ2n) is 4.96. The van der Waals surface area contributed by atoms with Crippen molar-refractivity contribution >= 4 is 17.5 Å². The first kappa shape index (κ1) is 11.4. The molecular weight excluding hydrogens is 233 g/mol. The van der Waals surface area contributed by atoms with Gasteiger partial charge in [-0.05, 0) is 25.0 Å². The molecule has 0 radical (unpaired) electrons. The fourth-order valence-electron chi connectivity index (χ4n) is 3.03. The van der Waals surface area contributed by atoms with E-state index in [0.29, 0.717) is 0 Å². The second kappa shape index (κ2) is 4.19. The molecule has 1 aliphatic heterocycles. The Labute approximate surface area is 105 Å². The van der Waals surface area contributed by atoms with Crippen LogP contribution >= 0.6 is 0 Å². The Morgan fingerprint density at radius 3 is 2.11 bits per heavy atom. The SMILES string of the molecule is O=C1[C@@H]2CCCC[C@H]2C(=O)N1c1ccccc1F. The van der Waals surface area contributed by atoms with Gasteiger partial charge in [-0.2, -0.15) is 0 Å². The lowest BCUT2D eigenvalue weighted by Gasteiger charge is -2.19. The summed E-state index contributed by atoms with van der Waals surface area (Å²) in [6.45, 7) is 0. The second-order valence-corrected chi connectivity index (χ2v) is 4.96. The summed E-state index contributed by atoms with van der Waals surface area (Å²) in [4.78, 5) is 25.5. The molecule has 3 nitrogen and oxygen atoms in total. The van der Waals surface area contributed by atoms with Crippen molar-refractivity contribution in [3.05, 3.63) is 30.1 Å². The highest BCUT2D eigenvalue weighted by Gasteiger charge is 2.49. The summed E-state index contributed by atoms with van der Waals surface area (Å²) in [5, 5.41) is 0. The Kier molecular flexibility index (Phi) is 2.65. The van der Waals surface area contributed by atoms with E-state index in [2.05, 4.69) is 0 Å². The molecule has 1 aliphatic carbocycles. The molecule has 18 heavy (non-hydrogen) atoms. The van der Waals surface area contributed by atoms with Gasteiger partial charge in [0.1, 0.15) is 5.82 Å². The summed E-state index contributed by atoms with van der Waals surface area (Å²) in [7, 11) is 0. The number of nitrogens with zero attached hydrogens (tertiary/aromatic N) is 1. The zero-order valence-corrected chi connectivity index (χ0v) is 9.93. The lowest BCUT2D eigenvalue weighted by Crippen LogP contribution is -2.31. The van der Waals surface area contributed by atoms with Crippen LogP contribution in [0.2, 0.25) is 0 Å². The fraction of sp³-hybridized carbons (Fsp3) is 0.429. The van der Waals surface area contributed by atoms with Gasteiger partial charge in [0.15, 0.2) is 0 Å². The summed E-state index contributed by atoms with van der Waals surface area (Å²) in [5.74, 6) is -1.43. The molecule has 0 unspecified atom stereocenters. The molecule has 4 heteroatoms. The number of benzene rings is 1. The van der Waals surface area contributed by atoms with Crippen LogP contribution in [0.1, 0.15) is 25.7 Å². The van der Waals surface area contributed by atoms with Gasteiger partial charge < -0.3 is 0 Å². The number of amides is 2. The standard InChI is InChI=1S/C14H14FNO2/c15-11-7-3-4-8-12(11)16-13(17)9-5-1-2-6-10(9)14(16)18/h3-4,7-10H,1-2,5-6H2/t9-,10-/m1/s1. The van der Waals surface area contributed by atoms with E-state index in [1.165, 1.54) is 12.1 Å². The van der Waals surface area contributed by atoms with Crippen molar-refractivity contribution in [3.63, 3.8) is 0 Å². The summed E-state index contributed by atoms with van der Waals surface area (Å²) >= 11 is 0. The predicted molar refractivity (Wildman–Crippen MR) is 64.3 cm³/mol. The number of para-hydroxylation sites is 1. The van der Waals surface area contributed by atoms with E-state index < -0.39 is 5.82 Å². The van der Waals surface area contributed by atoms with Crippen LogP contribution in [0.4, 0.5) is 10.1 Å². The molecule has 1 saturated carbocycles. The lowest BCUT2D eigenvalue weighted by atomic mass is 9.81. The molecule has 0 aromatic heterocycles. The largest absolute Gasteiger partial charge is 0.274 e. The number of carbonyl (C=O) groups excluding carboxylic acids is 2. The normalized spacial score (nSPS) is 27.5. The molecule has 0 bridgehead atoms. The maximum Gasteiger partial charge on any atom is 0.237 e. The number of hydrogen-bond acceptors (Lipinski definition) is 2. The van der Waals surface area contributed by atoms with Gasteiger partial charge in [0.05, 0.1) is 17.5 Å². The maximum atomic E-state index is 13.7. The fourth-order valence-corrected chi connectivity index (χ4v) is 3.03. The van der Waals surface area contributed by atoms with Gasteiger partial charge in [-0.25, -0.2) is 9.29 Å². The smallest absolute Gasteiger partial charge is 0.237 e. The van der Waals surface area contributed by atoms with Crippen LogP contribution in [0.25, 0.3) is 0 Å². The number of imide groups is 1. The van der Waals surface area contributed by atoms with Gasteiger partial charge >= 0.3 is 0 Å². The van der Waals surface area contributed by atoms with Crippen molar-refractivity contribution in [1.29, 1.82) is 0 Å². The minimum Gasteiger partial charge on any atom is -0.274 e. The number of fused-ring (bicyclic) bond motifs is 1. The van der Waals surface area contributed by atoms with E-state index >= 15 is 0 Å². The zero-order chi connectivity index (χ0) is 12.7. The molecule has 2 fully saturated rings. The molecule has 3 rings (SSSR count). The monoisotopic (exact) mass is 247 g/mol. The predicted octanol–water partition coefficient (Wildman–Crippen LogP) is 2.51. The highest BCUT2D eigenvalue weighted by Crippen LogP contribution is 2.40. The molecule has 94 valence electrons. The number of hydrogen-bond donors (Lipinski definition) is 0. The minimum atomic E-state index is -0.516. The van der Waals surface area contributed by atoms with Gasteiger partial charge in [-0.15, -0.1) is 0 Å². The molecule has 2 atom stereocenters. The van der Waals surface area contributed by atoms with Crippen molar-refractivity contribution in [1.82, 2.24) is 0 Å². The summed E-state index contributed by atoms with van der Waals surface area (Å²) in [6.07, 6.45) is 3.46. The third-order valence-electron chi connectivity index (χ3n) is 3.93. The van der Waals surface area contributed by atoms with Crippen LogP contribution in [0.15, 0.2) is 24.3 Å². The Hall–Kier alpha value is -1.71. The molecule has 1 aromatic carbocycles. The van der Waals surface area contributed by atoms with Crippen LogP contribution in [0.5, 0.6) is 0 Å². The number of halogens is 1. The third-order valence-corrected chi connectivity index (χ3v) is 3.93. The van der Waals surface area contributed by atoms with E-state index in [0.717, 1.165) is 30.6 Å². The Bertz CT molecular complexity index is 490. The quantitative estimate of drug-likeness (QED) is 0.715. The highest BCUT2D eigenvalue weighted by atomic mass is 19.1. The molecule has 1 aromatic rings. The Morgan fingerprint density at radius 1 is 1.00 bits per heavy atom. The van der Waals surface area contributed by atoms with Crippen LogP contribution < -0.4 is 4.90 Å². The minimum absolute atomic E-state index is 0.0990. The number of rotatable bonds is 1. The molecule has 0 spiro atoms. The van der Waals surface area contributed by atoms with Gasteiger partial charge in [0.2, 0.25) is 11.8 Å². The molecular formula is C14H14FNO2. The van der Waals surface area contributed by atoms with Crippen molar-refractivity contribution in [2.75, 3.05) is 4.90 Å². The average molecular weight is 247 g/mol. The van der Waals surface area contributed by atoms with E-state index in [1.54, 1.807) is 12.1 Å². The van der Waals surface area contributed by atoms with E-state index in [1.807, 2.05) is 0 Å². The van der Waals surface area contributed by atoms with Crippen molar-refractivity contribution < 1.29 is 14.0 Å². The lowest BCUT2D eigenvalue weighted by molar-refractivity contribution is -0.122. The van der Waals surface area contributed by atoms with Gasteiger partial charge in [0, 0.05) is 0 Å². The number of anilines is 1. The maximum absolute atomic E-state index is 13.7. The van der Waals surface area contributed by atoms with Crippen LogP contribution in [0.3, 0.4) is 0 Å². The highest BCUT2D eigenvalue weighted by molar-refractivity contribution is 6.22. The zero-order valence-electron chi connectivity index (χ0n) is 9.93. The summed E-state index contributed by atoms with van der Waals surface area (Å²) in [6, 6.07) is 5.96. The van der Waals surface area contributed by atoms with Crippen LogP contribution in [-0.2, 0) is 9.59 Å². The first-order chi connectivity index (χ1) is 8.70. The molecule has 1 saturated heterocycles. The number of carbonyl (C=O) groups is 2. The van der Waals surface area contributed by atoms with E-state index in [-0.39, 0.29) is 29.3 Å². The molecule has 2 amide bonds. The summed E-state index contributed by atoms with van der Waals surface area (Å²) < 4.78 is 13.7. The van der Waals surface area contributed by atoms with Gasteiger partial charge in [-0.3, -0.25) is 9.59 Å². The molecule has 2 aliphatic rings. The Morgan fingerprint density at radius 2 is 1.56 bits per heavy atom. The van der Waals surface area contributed by atoms with E-state index in [4.69, 9.17) is 0 Å². The van der Waals surface area contributed by atoms with E-state index in [9.17, 15) is 14.0 Å².